The molecular weight excluding hydrogens is 517 g/mol. The molecule has 6 rings (SSSR count). The van der Waals surface area contributed by atoms with Gasteiger partial charge in [-0.2, -0.15) is 0 Å². The van der Waals surface area contributed by atoms with E-state index < -0.39 is 7.92 Å². The van der Waals surface area contributed by atoms with Gasteiger partial charge in [0.15, 0.2) is 0 Å². The van der Waals surface area contributed by atoms with Gasteiger partial charge in [0.1, 0.15) is 0 Å². The third-order valence-corrected chi connectivity index (χ3v) is 10.00. The highest BCUT2D eigenvalue weighted by molar-refractivity contribution is 7.80. The zero-order valence-electron chi connectivity index (χ0n) is 19.3. The predicted molar refractivity (Wildman–Crippen MR) is 165 cm³/mol. The summed E-state index contributed by atoms with van der Waals surface area (Å²) in [6.07, 6.45) is 0. The van der Waals surface area contributed by atoms with Crippen LogP contribution in [0.25, 0.3) is 32.7 Å². The maximum atomic E-state index is 6.31. The molecule has 0 aliphatic heterocycles. The van der Waals surface area contributed by atoms with Crippen LogP contribution in [0.1, 0.15) is 0 Å². The van der Waals surface area contributed by atoms with Crippen LogP contribution >= 0.6 is 40.4 Å². The zero-order chi connectivity index (χ0) is 24.6. The van der Waals surface area contributed by atoms with Crippen molar-refractivity contribution in [3.63, 3.8) is 0 Å². The predicted octanol–water partition coefficient (Wildman–Crippen LogP) is 8.23. The Morgan fingerprint density at radius 1 is 0.472 bits per heavy atom. The fourth-order valence-corrected chi connectivity index (χ4v) is 7.96. The van der Waals surface area contributed by atoms with Crippen molar-refractivity contribution in [1.82, 2.24) is 0 Å². The van der Waals surface area contributed by atoms with Gasteiger partial charge >= 0.3 is 0 Å². The summed E-state index contributed by atoms with van der Waals surface area (Å²) in [7, 11) is 2.10. The van der Waals surface area contributed by atoms with E-state index in [1.165, 1.54) is 53.9 Å². The molecule has 0 fully saturated rings. The van der Waals surface area contributed by atoms with Crippen molar-refractivity contribution in [2.75, 3.05) is 0 Å². The minimum Gasteiger partial charge on any atom is -0.105 e. The van der Waals surface area contributed by atoms with Crippen molar-refractivity contribution in [3.8, 4) is 11.1 Å². The van der Waals surface area contributed by atoms with Crippen LogP contribution in [0.4, 0.5) is 0 Å². The number of rotatable bonds is 4. The first-order chi connectivity index (χ1) is 17.6. The summed E-state index contributed by atoms with van der Waals surface area (Å²) < 4.78 is 0. The lowest BCUT2D eigenvalue weighted by atomic mass is 9.93. The molecule has 0 aliphatic rings. The molecule has 0 aliphatic carbocycles. The first kappa shape index (κ1) is 23.7. The summed E-state index contributed by atoms with van der Waals surface area (Å²) in [6, 6.07) is 42.9. The second-order valence-corrected chi connectivity index (χ2v) is 12.4. The van der Waals surface area contributed by atoms with Crippen molar-refractivity contribution in [1.29, 1.82) is 0 Å². The fourth-order valence-electron chi connectivity index (χ4n) is 4.88. The van der Waals surface area contributed by atoms with Gasteiger partial charge < -0.3 is 0 Å². The Labute approximate surface area is 224 Å². The standard InChI is InChI=1S/C32H22Cl2P2/c33-23-11-15-25(16-12-23)36(26-17-13-24(34)14-18-26)30-20-10-22-6-2-4-8-28(22)32(30)31-27-7-3-1-5-21(27)9-19-29(31)35/h1-20H,35H2. The molecule has 36 heavy (non-hydrogen) atoms. The summed E-state index contributed by atoms with van der Waals surface area (Å²) in [4.78, 5) is 0. The number of hydrogen-bond acceptors (Lipinski definition) is 0. The molecule has 0 bridgehead atoms. The van der Waals surface area contributed by atoms with Gasteiger partial charge in [0.2, 0.25) is 0 Å². The molecular formula is C32H22Cl2P2. The highest BCUT2D eigenvalue weighted by Crippen LogP contribution is 2.42. The van der Waals surface area contributed by atoms with Gasteiger partial charge in [0, 0.05) is 10.0 Å². The van der Waals surface area contributed by atoms with Crippen molar-refractivity contribution in [3.05, 3.63) is 131 Å². The Hall–Kier alpha value is -2.72. The van der Waals surface area contributed by atoms with E-state index in [0.717, 1.165) is 10.0 Å². The van der Waals surface area contributed by atoms with Gasteiger partial charge in [-0.15, -0.1) is 9.24 Å². The van der Waals surface area contributed by atoms with E-state index >= 15 is 0 Å². The minimum atomic E-state index is -0.883. The van der Waals surface area contributed by atoms with Crippen molar-refractivity contribution in [2.24, 2.45) is 0 Å². The normalized spacial score (nSPS) is 11.4. The summed E-state index contributed by atoms with van der Waals surface area (Å²) >= 11 is 12.6. The molecule has 6 aromatic carbocycles. The second-order valence-electron chi connectivity index (χ2n) is 8.72. The Morgan fingerprint density at radius 2 is 0.944 bits per heavy atom. The quantitative estimate of drug-likeness (QED) is 0.198. The van der Waals surface area contributed by atoms with Crippen LogP contribution in [0.2, 0.25) is 10.0 Å². The van der Waals surface area contributed by atoms with E-state index in [1.54, 1.807) is 0 Å². The van der Waals surface area contributed by atoms with E-state index in [-0.39, 0.29) is 0 Å². The van der Waals surface area contributed by atoms with Gasteiger partial charge in [-0.3, -0.25) is 0 Å². The lowest BCUT2D eigenvalue weighted by Gasteiger charge is -2.25. The van der Waals surface area contributed by atoms with Crippen LogP contribution in [-0.2, 0) is 0 Å². The van der Waals surface area contributed by atoms with E-state index in [0.29, 0.717) is 0 Å². The van der Waals surface area contributed by atoms with Gasteiger partial charge in [-0.1, -0.05) is 120 Å². The monoisotopic (exact) mass is 538 g/mol. The molecule has 0 saturated carbocycles. The van der Waals surface area contributed by atoms with Crippen molar-refractivity contribution >= 4 is 83.1 Å². The molecule has 6 aromatic rings. The molecule has 0 spiro atoms. The Kier molecular flexibility index (Phi) is 6.55. The molecule has 1 unspecified atom stereocenters. The minimum absolute atomic E-state index is 0.741. The van der Waals surface area contributed by atoms with Crippen LogP contribution in [0.15, 0.2) is 121 Å². The zero-order valence-corrected chi connectivity index (χ0v) is 22.9. The topological polar surface area (TPSA) is 0 Å². The second kappa shape index (κ2) is 9.97. The van der Waals surface area contributed by atoms with E-state index in [1.807, 2.05) is 24.3 Å². The van der Waals surface area contributed by atoms with Crippen LogP contribution in [0, 0.1) is 0 Å². The largest absolute Gasteiger partial charge is 0.105 e. The summed E-state index contributed by atoms with van der Waals surface area (Å²) in [5.74, 6) is 0. The van der Waals surface area contributed by atoms with Crippen molar-refractivity contribution in [2.45, 2.75) is 0 Å². The molecule has 0 N–H and O–H groups in total. The molecule has 0 heterocycles. The Bertz CT molecular complexity index is 1660. The van der Waals surface area contributed by atoms with Crippen LogP contribution < -0.4 is 21.2 Å². The first-order valence-electron chi connectivity index (χ1n) is 11.7. The molecule has 1 atom stereocenters. The number of hydrogen-bond donors (Lipinski definition) is 0. The lowest BCUT2D eigenvalue weighted by Crippen LogP contribution is -2.23. The molecule has 0 radical (unpaired) electrons. The smallest absolute Gasteiger partial charge is 0.0406 e. The number of benzene rings is 6. The average Bonchev–Trinajstić information content (AvgIpc) is 2.91. The Balaban J connectivity index is 1.74. The lowest BCUT2D eigenvalue weighted by molar-refractivity contribution is 1.72. The van der Waals surface area contributed by atoms with Gasteiger partial charge in [-0.25, -0.2) is 0 Å². The maximum absolute atomic E-state index is 6.31. The van der Waals surface area contributed by atoms with Crippen LogP contribution in [0.3, 0.4) is 0 Å². The van der Waals surface area contributed by atoms with Crippen LogP contribution in [-0.4, -0.2) is 0 Å². The molecule has 0 nitrogen and oxygen atoms in total. The highest BCUT2D eigenvalue weighted by Gasteiger charge is 2.24. The summed E-state index contributed by atoms with van der Waals surface area (Å²) in [5, 5.41) is 11.5. The van der Waals surface area contributed by atoms with Gasteiger partial charge in [0.25, 0.3) is 0 Å². The summed E-state index contributed by atoms with van der Waals surface area (Å²) in [5.41, 5.74) is 2.55. The average molecular weight is 539 g/mol. The van der Waals surface area contributed by atoms with E-state index in [4.69, 9.17) is 23.2 Å². The fraction of sp³-hybridized carbons (Fsp3) is 0. The summed E-state index contributed by atoms with van der Waals surface area (Å²) in [6.45, 7) is 0. The maximum Gasteiger partial charge on any atom is 0.0406 e. The van der Waals surface area contributed by atoms with E-state index in [9.17, 15) is 0 Å². The van der Waals surface area contributed by atoms with Crippen LogP contribution in [0.5, 0.6) is 0 Å². The third kappa shape index (κ3) is 4.34. The van der Waals surface area contributed by atoms with Gasteiger partial charge in [0.05, 0.1) is 0 Å². The molecule has 4 heteroatoms. The SMILES string of the molecule is Pc1ccc2ccccc2c1-c1c(P(c2ccc(Cl)cc2)c2ccc(Cl)cc2)ccc2ccccc12. The van der Waals surface area contributed by atoms with Crippen molar-refractivity contribution < 1.29 is 0 Å². The number of fused-ring (bicyclic) bond motifs is 2. The third-order valence-electron chi connectivity index (χ3n) is 6.53. The Morgan fingerprint density at radius 3 is 1.50 bits per heavy atom. The molecule has 174 valence electrons. The molecule has 0 amide bonds. The molecule has 0 aromatic heterocycles. The van der Waals surface area contributed by atoms with Gasteiger partial charge in [-0.05, 0) is 86.1 Å². The first-order valence-corrected chi connectivity index (χ1v) is 14.4. The highest BCUT2D eigenvalue weighted by atomic mass is 35.5. The molecule has 0 saturated heterocycles. The number of halogens is 2. The van der Waals surface area contributed by atoms with E-state index in [2.05, 4.69) is 106 Å².